The molecule has 5 aromatic rings. The fourth-order valence-electron chi connectivity index (χ4n) is 4.53. The predicted molar refractivity (Wildman–Crippen MR) is 126 cm³/mol. The number of aryl methyl sites for hydroxylation is 1. The van der Waals surface area contributed by atoms with Crippen molar-refractivity contribution < 1.29 is 9.90 Å². The SMILES string of the molecule is Cc1cccc2c1Nc1c(-c3ccccc3-c3cccc(C(=O)O)c3)nc3cccc-2n13. The maximum atomic E-state index is 11.5. The van der Waals surface area contributed by atoms with Crippen LogP contribution >= 0.6 is 0 Å². The van der Waals surface area contributed by atoms with Gasteiger partial charge in [0.2, 0.25) is 0 Å². The normalized spacial score (nSPS) is 11.8. The second-order valence-corrected chi connectivity index (χ2v) is 7.97. The van der Waals surface area contributed by atoms with Gasteiger partial charge in [0.25, 0.3) is 0 Å². The Hall–Kier alpha value is -4.38. The lowest BCUT2D eigenvalue weighted by Gasteiger charge is -2.23. The molecular weight excluding hydrogens is 398 g/mol. The molecule has 154 valence electrons. The summed E-state index contributed by atoms with van der Waals surface area (Å²) in [6.07, 6.45) is 0. The van der Waals surface area contributed by atoms with E-state index in [1.54, 1.807) is 18.2 Å². The van der Waals surface area contributed by atoms with Crippen LogP contribution in [0.5, 0.6) is 0 Å². The first-order valence-corrected chi connectivity index (χ1v) is 10.4. The first kappa shape index (κ1) is 18.4. The average Bonchev–Trinajstić information content (AvgIpc) is 3.19. The number of carboxylic acids is 1. The third-order valence-corrected chi connectivity index (χ3v) is 6.04. The van der Waals surface area contributed by atoms with Crippen LogP contribution in [0.4, 0.5) is 11.5 Å². The predicted octanol–water partition coefficient (Wildman–Crippen LogP) is 6.40. The molecule has 1 aliphatic rings. The Kier molecular flexibility index (Phi) is 3.92. The van der Waals surface area contributed by atoms with Crippen LogP contribution in [-0.4, -0.2) is 20.5 Å². The first-order valence-electron chi connectivity index (χ1n) is 10.4. The summed E-state index contributed by atoms with van der Waals surface area (Å²) < 4.78 is 2.15. The van der Waals surface area contributed by atoms with Gasteiger partial charge in [0, 0.05) is 11.1 Å². The van der Waals surface area contributed by atoms with Gasteiger partial charge in [-0.1, -0.05) is 60.7 Å². The Morgan fingerprint density at radius 2 is 1.62 bits per heavy atom. The molecule has 0 amide bonds. The van der Waals surface area contributed by atoms with Gasteiger partial charge in [-0.25, -0.2) is 9.78 Å². The van der Waals surface area contributed by atoms with Crippen molar-refractivity contribution in [2.24, 2.45) is 0 Å². The van der Waals surface area contributed by atoms with Crippen LogP contribution < -0.4 is 5.32 Å². The summed E-state index contributed by atoms with van der Waals surface area (Å²) in [6.45, 7) is 2.10. The number of nitrogens with zero attached hydrogens (tertiary/aromatic N) is 2. The lowest BCUT2D eigenvalue weighted by atomic mass is 9.96. The van der Waals surface area contributed by atoms with E-state index in [-0.39, 0.29) is 5.56 Å². The zero-order valence-corrected chi connectivity index (χ0v) is 17.3. The van der Waals surface area contributed by atoms with Crippen molar-refractivity contribution in [1.29, 1.82) is 0 Å². The highest BCUT2D eigenvalue weighted by atomic mass is 16.4. The van der Waals surface area contributed by atoms with Crippen LogP contribution in [-0.2, 0) is 0 Å². The molecule has 2 N–H and O–H groups in total. The van der Waals surface area contributed by atoms with Gasteiger partial charge in [-0.15, -0.1) is 0 Å². The third kappa shape index (κ3) is 2.65. The van der Waals surface area contributed by atoms with Crippen molar-refractivity contribution in [2.45, 2.75) is 6.92 Å². The molecule has 2 aromatic heterocycles. The van der Waals surface area contributed by atoms with Gasteiger partial charge in [0.05, 0.1) is 16.9 Å². The number of aromatic nitrogens is 2. The van der Waals surface area contributed by atoms with Crippen molar-refractivity contribution in [1.82, 2.24) is 9.38 Å². The summed E-state index contributed by atoms with van der Waals surface area (Å²) in [4.78, 5) is 16.5. The number of para-hydroxylation sites is 1. The van der Waals surface area contributed by atoms with Gasteiger partial charge in [0.1, 0.15) is 17.2 Å². The Balaban J connectivity index is 1.62. The van der Waals surface area contributed by atoms with E-state index in [1.165, 1.54) is 5.56 Å². The third-order valence-electron chi connectivity index (χ3n) is 6.04. The van der Waals surface area contributed by atoms with Crippen molar-refractivity contribution in [2.75, 3.05) is 5.32 Å². The Morgan fingerprint density at radius 3 is 2.47 bits per heavy atom. The number of rotatable bonds is 3. The van der Waals surface area contributed by atoms with Crippen LogP contribution in [0, 0.1) is 6.92 Å². The standard InChI is InChI=1S/C27H19N3O2/c1-16-7-4-12-21-22-13-6-14-23-28-25(26(30(22)23)29-24(16)21)20-11-3-2-10-19(20)17-8-5-9-18(15-17)27(31)32/h2-15,29H,1H3,(H,31,32). The number of imidazole rings is 1. The minimum absolute atomic E-state index is 0.263. The lowest BCUT2D eigenvalue weighted by Crippen LogP contribution is -2.08. The first-order chi connectivity index (χ1) is 15.6. The lowest BCUT2D eigenvalue weighted by molar-refractivity contribution is 0.0697. The van der Waals surface area contributed by atoms with Crippen molar-refractivity contribution in [3.63, 3.8) is 0 Å². The minimum Gasteiger partial charge on any atom is -0.478 e. The summed E-state index contributed by atoms with van der Waals surface area (Å²) >= 11 is 0. The highest BCUT2D eigenvalue weighted by molar-refractivity contribution is 5.96. The monoisotopic (exact) mass is 417 g/mol. The molecule has 32 heavy (non-hydrogen) atoms. The van der Waals surface area contributed by atoms with E-state index in [2.05, 4.69) is 40.9 Å². The van der Waals surface area contributed by atoms with Gasteiger partial charge in [0.15, 0.2) is 0 Å². The number of fused-ring (bicyclic) bond motifs is 2. The van der Waals surface area contributed by atoms with Crippen LogP contribution in [0.25, 0.3) is 39.3 Å². The van der Waals surface area contributed by atoms with Gasteiger partial charge >= 0.3 is 5.97 Å². The van der Waals surface area contributed by atoms with Gasteiger partial charge in [-0.05, 0) is 47.9 Å². The second kappa shape index (κ2) is 6.82. The number of hydrogen-bond acceptors (Lipinski definition) is 3. The maximum Gasteiger partial charge on any atom is 0.335 e. The number of anilines is 2. The van der Waals surface area contributed by atoms with Crippen molar-refractivity contribution in [3.05, 3.63) is 96.1 Å². The average molecular weight is 417 g/mol. The van der Waals surface area contributed by atoms with Gasteiger partial charge < -0.3 is 10.4 Å². The van der Waals surface area contributed by atoms with Crippen LogP contribution in [0.3, 0.4) is 0 Å². The van der Waals surface area contributed by atoms with E-state index in [9.17, 15) is 9.90 Å². The molecule has 0 radical (unpaired) electrons. The zero-order valence-electron chi connectivity index (χ0n) is 17.3. The number of carbonyl (C=O) groups is 1. The van der Waals surface area contributed by atoms with E-state index in [0.29, 0.717) is 0 Å². The molecule has 3 heterocycles. The summed E-state index contributed by atoms with van der Waals surface area (Å²) in [5, 5.41) is 13.1. The molecule has 3 aromatic carbocycles. The highest BCUT2D eigenvalue weighted by Crippen LogP contribution is 2.44. The number of carboxylic acid groups (broad SMARTS) is 1. The molecule has 0 saturated heterocycles. The smallest absolute Gasteiger partial charge is 0.335 e. The van der Waals surface area contributed by atoms with E-state index in [4.69, 9.17) is 4.98 Å². The number of benzene rings is 3. The number of nitrogens with one attached hydrogen (secondary N) is 1. The molecule has 5 nitrogen and oxygen atoms in total. The molecule has 5 heteroatoms. The molecular formula is C27H19N3O2. The number of aromatic carboxylic acids is 1. The maximum absolute atomic E-state index is 11.5. The largest absolute Gasteiger partial charge is 0.478 e. The summed E-state index contributed by atoms with van der Waals surface area (Å²) in [6, 6.07) is 27.5. The molecule has 0 fully saturated rings. The molecule has 6 rings (SSSR count). The highest BCUT2D eigenvalue weighted by Gasteiger charge is 2.25. The molecule has 0 spiro atoms. The van der Waals surface area contributed by atoms with E-state index in [0.717, 1.165) is 50.8 Å². The van der Waals surface area contributed by atoms with Crippen molar-refractivity contribution in [3.8, 4) is 33.6 Å². The van der Waals surface area contributed by atoms with Gasteiger partial charge in [-0.3, -0.25) is 4.40 Å². The number of pyridine rings is 1. The molecule has 1 aliphatic heterocycles. The van der Waals surface area contributed by atoms with Crippen molar-refractivity contribution >= 4 is 23.1 Å². The summed E-state index contributed by atoms with van der Waals surface area (Å²) in [5.41, 5.74) is 9.19. The topological polar surface area (TPSA) is 66.6 Å². The van der Waals surface area contributed by atoms with Gasteiger partial charge in [-0.2, -0.15) is 0 Å². The van der Waals surface area contributed by atoms with E-state index < -0.39 is 5.97 Å². The second-order valence-electron chi connectivity index (χ2n) is 7.97. The number of hydrogen-bond donors (Lipinski definition) is 2. The van der Waals surface area contributed by atoms with E-state index in [1.807, 2.05) is 42.5 Å². The molecule has 0 atom stereocenters. The zero-order chi connectivity index (χ0) is 21.8. The quantitative estimate of drug-likeness (QED) is 0.350. The Bertz CT molecular complexity index is 1550. The van der Waals surface area contributed by atoms with Crippen LogP contribution in [0.2, 0.25) is 0 Å². The molecule has 0 bridgehead atoms. The fourth-order valence-corrected chi connectivity index (χ4v) is 4.53. The van der Waals surface area contributed by atoms with Crippen LogP contribution in [0.15, 0.2) is 84.9 Å². The molecule has 0 saturated carbocycles. The fraction of sp³-hybridized carbons (Fsp3) is 0.0370. The summed E-state index contributed by atoms with van der Waals surface area (Å²) in [5.74, 6) is -0.0233. The molecule has 0 unspecified atom stereocenters. The van der Waals surface area contributed by atoms with Crippen LogP contribution in [0.1, 0.15) is 15.9 Å². The summed E-state index contributed by atoms with van der Waals surface area (Å²) in [7, 11) is 0. The Labute approximate surface area is 184 Å². The molecule has 0 aliphatic carbocycles. The Morgan fingerprint density at radius 1 is 0.875 bits per heavy atom. The minimum atomic E-state index is -0.939. The van der Waals surface area contributed by atoms with E-state index >= 15 is 0 Å².